The molecule has 0 spiro atoms. The van der Waals surface area contributed by atoms with Crippen LogP contribution in [0.4, 0.5) is 10.2 Å². The lowest BCUT2D eigenvalue weighted by Crippen LogP contribution is -2.37. The molecular formula is C22H27FN2O4. The molecule has 1 saturated heterocycles. The van der Waals surface area contributed by atoms with E-state index in [1.54, 1.807) is 38.2 Å². The molecule has 2 heterocycles. The monoisotopic (exact) mass is 402 g/mol. The molecule has 1 fully saturated rings. The zero-order valence-corrected chi connectivity index (χ0v) is 17.0. The minimum absolute atomic E-state index is 0.0820. The van der Waals surface area contributed by atoms with Crippen LogP contribution in [0.25, 0.3) is 11.1 Å². The molecule has 29 heavy (non-hydrogen) atoms. The van der Waals surface area contributed by atoms with Gasteiger partial charge in [-0.15, -0.1) is 0 Å². The second-order valence-electron chi connectivity index (χ2n) is 7.93. The van der Waals surface area contributed by atoms with Crippen molar-refractivity contribution in [1.29, 1.82) is 0 Å². The first-order valence-electron chi connectivity index (χ1n) is 9.71. The average Bonchev–Trinajstić information content (AvgIpc) is 2.72. The van der Waals surface area contributed by atoms with Crippen molar-refractivity contribution in [2.45, 2.75) is 32.3 Å². The fourth-order valence-electron chi connectivity index (χ4n) is 3.35. The third kappa shape index (κ3) is 5.44. The molecule has 0 bridgehead atoms. The summed E-state index contributed by atoms with van der Waals surface area (Å²) >= 11 is 0. The van der Waals surface area contributed by atoms with Crippen LogP contribution in [0.3, 0.4) is 0 Å². The summed E-state index contributed by atoms with van der Waals surface area (Å²) in [5.74, 6) is 0.619. The predicted molar refractivity (Wildman–Crippen MR) is 108 cm³/mol. The zero-order valence-electron chi connectivity index (χ0n) is 17.0. The number of esters is 1. The molecule has 0 amide bonds. The lowest BCUT2D eigenvalue weighted by atomic mass is 9.97. The van der Waals surface area contributed by atoms with Gasteiger partial charge >= 0.3 is 5.97 Å². The van der Waals surface area contributed by atoms with Crippen molar-refractivity contribution in [2.24, 2.45) is 5.92 Å². The maximum atomic E-state index is 14.5. The highest BCUT2D eigenvalue weighted by Gasteiger charge is 2.26. The Morgan fingerprint density at radius 3 is 2.66 bits per heavy atom. The van der Waals surface area contributed by atoms with Gasteiger partial charge in [-0.3, -0.25) is 4.79 Å². The molecule has 1 aromatic carbocycles. The molecule has 2 aromatic rings. The molecule has 1 aliphatic heterocycles. The molecule has 0 aliphatic carbocycles. The summed E-state index contributed by atoms with van der Waals surface area (Å²) in [6.07, 6.45) is 3.06. The van der Waals surface area contributed by atoms with E-state index in [2.05, 4.69) is 9.88 Å². The molecule has 6 nitrogen and oxygen atoms in total. The zero-order chi connectivity index (χ0) is 21.0. The molecule has 0 atom stereocenters. The molecule has 0 saturated carbocycles. The van der Waals surface area contributed by atoms with Gasteiger partial charge in [0.05, 0.1) is 18.6 Å². The van der Waals surface area contributed by atoms with Gasteiger partial charge in [0.15, 0.2) is 0 Å². The summed E-state index contributed by atoms with van der Waals surface area (Å²) < 4.78 is 24.9. The van der Waals surface area contributed by atoms with Crippen molar-refractivity contribution in [1.82, 2.24) is 4.98 Å². The summed E-state index contributed by atoms with van der Waals surface area (Å²) in [4.78, 5) is 18.2. The lowest BCUT2D eigenvalue weighted by Gasteiger charge is -2.31. The van der Waals surface area contributed by atoms with E-state index in [-0.39, 0.29) is 24.3 Å². The van der Waals surface area contributed by atoms with Crippen LogP contribution in [0.5, 0.6) is 5.75 Å². The average molecular weight is 402 g/mol. The van der Waals surface area contributed by atoms with Crippen molar-refractivity contribution in [3.05, 3.63) is 42.3 Å². The number of hydrogen-bond acceptors (Lipinski definition) is 6. The van der Waals surface area contributed by atoms with Crippen LogP contribution < -0.4 is 9.64 Å². The van der Waals surface area contributed by atoms with Crippen LogP contribution in [0.15, 0.2) is 36.5 Å². The molecule has 0 unspecified atom stereocenters. The lowest BCUT2D eigenvalue weighted by molar-refractivity contribution is -0.146. The predicted octanol–water partition coefficient (Wildman–Crippen LogP) is 3.43. The molecule has 0 radical (unpaired) electrons. The Morgan fingerprint density at radius 2 is 2.00 bits per heavy atom. The first-order chi connectivity index (χ1) is 13.8. The van der Waals surface area contributed by atoms with Gasteiger partial charge in [0.2, 0.25) is 0 Å². The summed E-state index contributed by atoms with van der Waals surface area (Å²) in [5, 5.41) is 9.83. The Balaban J connectivity index is 1.77. The number of ether oxygens (including phenoxy) is 2. The van der Waals surface area contributed by atoms with Crippen LogP contribution in [0.2, 0.25) is 0 Å². The van der Waals surface area contributed by atoms with Gasteiger partial charge in [-0.2, -0.15) is 0 Å². The number of anilines is 1. The number of rotatable bonds is 6. The molecular weight excluding hydrogens is 375 g/mol. The Hall–Kier alpha value is -2.67. The number of methoxy groups -OCH3 is 1. The quantitative estimate of drug-likeness (QED) is 0.747. The van der Waals surface area contributed by atoms with E-state index >= 15 is 0 Å². The highest BCUT2D eigenvalue weighted by atomic mass is 19.1. The van der Waals surface area contributed by atoms with E-state index in [4.69, 9.17) is 9.47 Å². The van der Waals surface area contributed by atoms with E-state index in [1.165, 1.54) is 13.2 Å². The fraction of sp³-hybridized carbons (Fsp3) is 0.455. The van der Waals surface area contributed by atoms with Crippen molar-refractivity contribution in [2.75, 3.05) is 31.7 Å². The highest BCUT2D eigenvalue weighted by Crippen LogP contribution is 2.30. The maximum absolute atomic E-state index is 14.5. The first kappa shape index (κ1) is 21.0. The Morgan fingerprint density at radius 1 is 1.28 bits per heavy atom. The number of piperidine rings is 1. The standard InChI is InChI=1S/C22H27FN2O4/c1-22(2,27)14-29-17-4-5-19(23)18(13-17)16-6-9-24-20(12-16)25-10-7-15(8-11-25)21(26)28-3/h4-6,9,12-13,15,27H,7-8,10-11,14H2,1-3H3. The van der Waals surface area contributed by atoms with Crippen molar-refractivity contribution >= 4 is 11.8 Å². The smallest absolute Gasteiger partial charge is 0.308 e. The van der Waals surface area contributed by atoms with Gasteiger partial charge in [0.25, 0.3) is 0 Å². The van der Waals surface area contributed by atoms with Gasteiger partial charge in [-0.05, 0) is 62.6 Å². The van der Waals surface area contributed by atoms with E-state index in [0.717, 1.165) is 5.82 Å². The topological polar surface area (TPSA) is 71.9 Å². The second-order valence-corrected chi connectivity index (χ2v) is 7.93. The van der Waals surface area contributed by atoms with Gasteiger partial charge < -0.3 is 19.5 Å². The summed E-state index contributed by atoms with van der Waals surface area (Å²) in [6, 6.07) is 8.13. The Labute approximate surface area is 170 Å². The van der Waals surface area contributed by atoms with Gasteiger partial charge in [-0.1, -0.05) is 0 Å². The summed E-state index contributed by atoms with van der Waals surface area (Å²) in [6.45, 7) is 4.78. The fourth-order valence-corrected chi connectivity index (χ4v) is 3.35. The number of carbonyl (C=O) groups excluding carboxylic acids is 1. The van der Waals surface area contributed by atoms with Crippen LogP contribution in [-0.2, 0) is 9.53 Å². The largest absolute Gasteiger partial charge is 0.491 e. The van der Waals surface area contributed by atoms with E-state index in [9.17, 15) is 14.3 Å². The molecule has 1 N–H and O–H groups in total. The molecule has 7 heteroatoms. The number of pyridine rings is 1. The number of halogens is 1. The summed E-state index contributed by atoms with van der Waals surface area (Å²) in [5.41, 5.74) is 0.122. The molecule has 156 valence electrons. The van der Waals surface area contributed by atoms with Crippen LogP contribution in [-0.4, -0.2) is 48.5 Å². The third-order valence-corrected chi connectivity index (χ3v) is 4.94. The molecule has 3 rings (SSSR count). The van der Waals surface area contributed by atoms with Gasteiger partial charge in [0.1, 0.15) is 24.0 Å². The number of nitrogens with zero attached hydrogens (tertiary/aromatic N) is 2. The normalized spacial score (nSPS) is 15.3. The van der Waals surface area contributed by atoms with Crippen LogP contribution in [0.1, 0.15) is 26.7 Å². The van der Waals surface area contributed by atoms with Crippen molar-refractivity contribution in [3.8, 4) is 16.9 Å². The molecule has 1 aliphatic rings. The minimum atomic E-state index is -0.977. The van der Waals surface area contributed by atoms with Crippen molar-refractivity contribution < 1.29 is 23.8 Å². The number of benzene rings is 1. The van der Waals surface area contributed by atoms with Crippen LogP contribution in [0, 0.1) is 11.7 Å². The third-order valence-electron chi connectivity index (χ3n) is 4.94. The number of hydrogen-bond donors (Lipinski definition) is 1. The first-order valence-corrected chi connectivity index (χ1v) is 9.71. The maximum Gasteiger partial charge on any atom is 0.308 e. The Bertz CT molecular complexity index is 858. The van der Waals surface area contributed by atoms with Gasteiger partial charge in [-0.25, -0.2) is 9.37 Å². The van der Waals surface area contributed by atoms with E-state index in [1.807, 2.05) is 6.07 Å². The molecule has 1 aromatic heterocycles. The van der Waals surface area contributed by atoms with Gasteiger partial charge in [0, 0.05) is 24.8 Å². The minimum Gasteiger partial charge on any atom is -0.491 e. The van der Waals surface area contributed by atoms with Crippen LogP contribution >= 0.6 is 0 Å². The number of carbonyl (C=O) groups is 1. The number of aromatic nitrogens is 1. The van der Waals surface area contributed by atoms with E-state index in [0.29, 0.717) is 42.8 Å². The summed E-state index contributed by atoms with van der Waals surface area (Å²) in [7, 11) is 1.41. The SMILES string of the molecule is COC(=O)C1CCN(c2cc(-c3cc(OCC(C)(C)O)ccc3F)ccn2)CC1. The second kappa shape index (κ2) is 8.78. The van der Waals surface area contributed by atoms with E-state index < -0.39 is 5.60 Å². The Kier molecular flexibility index (Phi) is 6.37. The highest BCUT2D eigenvalue weighted by molar-refractivity contribution is 5.73. The van der Waals surface area contributed by atoms with Crippen molar-refractivity contribution in [3.63, 3.8) is 0 Å². The number of aliphatic hydroxyl groups is 1.